The normalized spacial score (nSPS) is 10.3. The number of phenolic OH excluding ortho intramolecular Hbond substituents is 1. The predicted octanol–water partition coefficient (Wildman–Crippen LogP) is 4.20. The topological polar surface area (TPSA) is 41.5 Å². The third kappa shape index (κ3) is 3.54. The summed E-state index contributed by atoms with van der Waals surface area (Å²) in [7, 11) is 0. The zero-order valence-corrected chi connectivity index (χ0v) is 11.7. The lowest BCUT2D eigenvalue weighted by Gasteiger charge is -2.13. The van der Waals surface area contributed by atoms with Crippen molar-refractivity contribution in [2.24, 2.45) is 0 Å². The van der Waals surface area contributed by atoms with Gasteiger partial charge in [0.15, 0.2) is 11.6 Å². The predicted molar refractivity (Wildman–Crippen MR) is 78.0 cm³/mol. The van der Waals surface area contributed by atoms with E-state index in [2.05, 4.69) is 5.32 Å². The van der Waals surface area contributed by atoms with Crippen LogP contribution in [0.4, 0.5) is 10.1 Å². The number of ether oxygens (including phenoxy) is 1. The number of hydrogen-bond donors (Lipinski definition) is 2. The van der Waals surface area contributed by atoms with Gasteiger partial charge in [0, 0.05) is 11.6 Å². The van der Waals surface area contributed by atoms with E-state index in [1.54, 1.807) is 24.3 Å². The van der Waals surface area contributed by atoms with Gasteiger partial charge in [-0.3, -0.25) is 0 Å². The van der Waals surface area contributed by atoms with Gasteiger partial charge < -0.3 is 15.2 Å². The Kier molecular flexibility index (Phi) is 4.69. The number of phenols is 1. The Morgan fingerprint density at radius 1 is 1.25 bits per heavy atom. The number of nitrogens with one attached hydrogen (secondary N) is 1. The van der Waals surface area contributed by atoms with Crippen LogP contribution in [0, 0.1) is 5.82 Å². The lowest BCUT2D eigenvalue weighted by atomic mass is 10.2. The highest BCUT2D eigenvalue weighted by molar-refractivity contribution is 6.30. The molecule has 0 saturated heterocycles. The molecule has 3 nitrogen and oxygen atoms in total. The third-order valence-electron chi connectivity index (χ3n) is 2.74. The van der Waals surface area contributed by atoms with E-state index in [1.807, 2.05) is 6.92 Å². The van der Waals surface area contributed by atoms with Crippen molar-refractivity contribution < 1.29 is 14.2 Å². The Hall–Kier alpha value is -1.94. The Morgan fingerprint density at radius 2 is 2.05 bits per heavy atom. The summed E-state index contributed by atoms with van der Waals surface area (Å²) in [6.45, 7) is 2.84. The Bertz CT molecular complexity index is 604. The fraction of sp³-hybridized carbons (Fsp3) is 0.200. The molecule has 0 aliphatic carbocycles. The molecular weight excluding hydrogens is 281 g/mol. The molecule has 2 rings (SSSR count). The minimum absolute atomic E-state index is 0.355. The van der Waals surface area contributed by atoms with Gasteiger partial charge in [0.25, 0.3) is 0 Å². The van der Waals surface area contributed by atoms with Gasteiger partial charge in [0.2, 0.25) is 0 Å². The average molecular weight is 296 g/mol. The maximum atomic E-state index is 13.2. The van der Waals surface area contributed by atoms with Crippen LogP contribution in [0.5, 0.6) is 11.5 Å². The summed E-state index contributed by atoms with van der Waals surface area (Å²) >= 11 is 5.96. The van der Waals surface area contributed by atoms with Crippen LogP contribution in [0.25, 0.3) is 0 Å². The molecule has 20 heavy (non-hydrogen) atoms. The maximum absolute atomic E-state index is 13.2. The first-order chi connectivity index (χ1) is 9.60. The van der Waals surface area contributed by atoms with Gasteiger partial charge in [0.05, 0.1) is 12.3 Å². The summed E-state index contributed by atoms with van der Waals surface area (Å²) in [4.78, 5) is 0. The standard InChI is InChI=1S/C15H15ClFNO2/c1-2-20-15-6-4-11(16)8-13(15)18-9-10-3-5-14(19)12(17)7-10/h3-8,18-19H,2,9H2,1H3. The SMILES string of the molecule is CCOc1ccc(Cl)cc1NCc1ccc(O)c(F)c1. The van der Waals surface area contributed by atoms with Crippen molar-refractivity contribution in [2.45, 2.75) is 13.5 Å². The Labute approximate surface area is 122 Å². The number of rotatable bonds is 5. The van der Waals surface area contributed by atoms with Gasteiger partial charge in [-0.05, 0) is 42.8 Å². The van der Waals surface area contributed by atoms with Gasteiger partial charge in [0.1, 0.15) is 5.75 Å². The van der Waals surface area contributed by atoms with Crippen molar-refractivity contribution in [1.29, 1.82) is 0 Å². The molecule has 0 heterocycles. The molecule has 0 unspecified atom stereocenters. The minimum atomic E-state index is -0.638. The van der Waals surface area contributed by atoms with Crippen molar-refractivity contribution in [1.82, 2.24) is 0 Å². The quantitative estimate of drug-likeness (QED) is 0.869. The zero-order valence-electron chi connectivity index (χ0n) is 11.0. The lowest BCUT2D eigenvalue weighted by molar-refractivity contribution is 0.341. The number of hydrogen-bond acceptors (Lipinski definition) is 3. The van der Waals surface area contributed by atoms with Crippen LogP contribution in [0.2, 0.25) is 5.02 Å². The molecule has 0 fully saturated rings. The van der Waals surface area contributed by atoms with E-state index < -0.39 is 5.82 Å². The molecule has 2 aromatic carbocycles. The maximum Gasteiger partial charge on any atom is 0.165 e. The average Bonchev–Trinajstić information content (AvgIpc) is 2.43. The fourth-order valence-electron chi connectivity index (χ4n) is 1.78. The second-order valence-corrected chi connectivity index (χ2v) is 4.65. The van der Waals surface area contributed by atoms with Crippen molar-refractivity contribution in [3.63, 3.8) is 0 Å². The smallest absolute Gasteiger partial charge is 0.165 e. The largest absolute Gasteiger partial charge is 0.505 e. The summed E-state index contributed by atoms with van der Waals surface area (Å²) < 4.78 is 18.7. The van der Waals surface area contributed by atoms with E-state index in [1.165, 1.54) is 12.1 Å². The number of anilines is 1. The molecule has 0 saturated carbocycles. The van der Waals surface area contributed by atoms with Crippen molar-refractivity contribution in [3.8, 4) is 11.5 Å². The summed E-state index contributed by atoms with van der Waals surface area (Å²) in [6.07, 6.45) is 0. The second-order valence-electron chi connectivity index (χ2n) is 4.21. The molecule has 0 bridgehead atoms. The minimum Gasteiger partial charge on any atom is -0.505 e. The molecule has 2 N–H and O–H groups in total. The van der Waals surface area contributed by atoms with E-state index in [0.717, 1.165) is 5.69 Å². The molecule has 0 amide bonds. The molecule has 2 aromatic rings. The fourth-order valence-corrected chi connectivity index (χ4v) is 1.95. The molecule has 0 aliphatic rings. The zero-order chi connectivity index (χ0) is 14.5. The van der Waals surface area contributed by atoms with Gasteiger partial charge in [-0.25, -0.2) is 4.39 Å². The first-order valence-corrected chi connectivity index (χ1v) is 6.61. The first kappa shape index (κ1) is 14.5. The Balaban J connectivity index is 2.13. The Morgan fingerprint density at radius 3 is 2.75 bits per heavy atom. The van der Waals surface area contributed by atoms with Crippen LogP contribution >= 0.6 is 11.6 Å². The molecule has 5 heteroatoms. The van der Waals surface area contributed by atoms with Crippen molar-refractivity contribution in [3.05, 3.63) is 52.8 Å². The molecule has 106 valence electrons. The summed E-state index contributed by atoms with van der Waals surface area (Å²) in [6, 6.07) is 9.55. The molecule has 0 aliphatic heterocycles. The number of benzene rings is 2. The molecule has 0 radical (unpaired) electrons. The molecular formula is C15H15ClFNO2. The molecule has 0 spiro atoms. The van der Waals surface area contributed by atoms with Crippen LogP contribution in [-0.4, -0.2) is 11.7 Å². The van der Waals surface area contributed by atoms with E-state index in [-0.39, 0.29) is 5.75 Å². The van der Waals surface area contributed by atoms with Gasteiger partial charge in [-0.15, -0.1) is 0 Å². The first-order valence-electron chi connectivity index (χ1n) is 6.23. The highest BCUT2D eigenvalue weighted by atomic mass is 35.5. The van der Waals surface area contributed by atoms with Crippen LogP contribution in [0.1, 0.15) is 12.5 Å². The lowest BCUT2D eigenvalue weighted by Crippen LogP contribution is -2.03. The van der Waals surface area contributed by atoms with E-state index in [9.17, 15) is 4.39 Å². The number of aromatic hydroxyl groups is 1. The van der Waals surface area contributed by atoms with E-state index in [4.69, 9.17) is 21.4 Å². The third-order valence-corrected chi connectivity index (χ3v) is 2.97. The molecule has 0 aromatic heterocycles. The second kappa shape index (κ2) is 6.48. The van der Waals surface area contributed by atoms with E-state index in [0.29, 0.717) is 29.5 Å². The van der Waals surface area contributed by atoms with Gasteiger partial charge >= 0.3 is 0 Å². The summed E-state index contributed by atoms with van der Waals surface area (Å²) in [5.74, 6) is -0.303. The van der Waals surface area contributed by atoms with Crippen LogP contribution in [-0.2, 0) is 6.54 Å². The van der Waals surface area contributed by atoms with E-state index >= 15 is 0 Å². The van der Waals surface area contributed by atoms with Crippen LogP contribution < -0.4 is 10.1 Å². The molecule has 0 atom stereocenters. The summed E-state index contributed by atoms with van der Waals surface area (Å²) in [5, 5.41) is 12.9. The number of halogens is 2. The van der Waals surface area contributed by atoms with Crippen molar-refractivity contribution >= 4 is 17.3 Å². The van der Waals surface area contributed by atoms with Crippen LogP contribution in [0.15, 0.2) is 36.4 Å². The van der Waals surface area contributed by atoms with Gasteiger partial charge in [-0.2, -0.15) is 0 Å². The highest BCUT2D eigenvalue weighted by Crippen LogP contribution is 2.28. The highest BCUT2D eigenvalue weighted by Gasteiger charge is 2.06. The van der Waals surface area contributed by atoms with Crippen molar-refractivity contribution in [2.75, 3.05) is 11.9 Å². The van der Waals surface area contributed by atoms with Crippen LogP contribution in [0.3, 0.4) is 0 Å². The van der Waals surface area contributed by atoms with Gasteiger partial charge in [-0.1, -0.05) is 17.7 Å². The monoisotopic (exact) mass is 295 g/mol. The summed E-state index contributed by atoms with van der Waals surface area (Å²) in [5.41, 5.74) is 1.45.